The van der Waals surface area contributed by atoms with Gasteiger partial charge in [0.15, 0.2) is 5.11 Å². The molecule has 0 aliphatic carbocycles. The number of carbonyl (C=O) groups is 1. The second-order valence-corrected chi connectivity index (χ2v) is 10.7. The van der Waals surface area contributed by atoms with Crippen molar-refractivity contribution < 1.29 is 9.53 Å². The van der Waals surface area contributed by atoms with Gasteiger partial charge >= 0.3 is 0 Å². The average molecular weight is 595 g/mol. The van der Waals surface area contributed by atoms with Crippen LogP contribution in [0.3, 0.4) is 0 Å². The average Bonchev–Trinajstić information content (AvgIpc) is 3.45. The zero-order chi connectivity index (χ0) is 28.6. The van der Waals surface area contributed by atoms with Crippen LogP contribution in [0.25, 0.3) is 5.69 Å². The normalized spacial score (nSPS) is 16.6. The summed E-state index contributed by atoms with van der Waals surface area (Å²) < 4.78 is 7.77. The molecule has 2 aromatic carbocycles. The van der Waals surface area contributed by atoms with Gasteiger partial charge in [-0.25, -0.2) is 0 Å². The van der Waals surface area contributed by atoms with Crippen LogP contribution in [0.1, 0.15) is 48.1 Å². The number of aromatic nitrogens is 2. The Kier molecular flexibility index (Phi) is 8.03. The van der Waals surface area contributed by atoms with Crippen molar-refractivity contribution in [3.63, 3.8) is 0 Å². The Morgan fingerprint density at radius 2 is 1.93 bits per heavy atom. The van der Waals surface area contributed by atoms with Gasteiger partial charge in [-0.2, -0.15) is 0 Å². The second kappa shape index (κ2) is 11.5. The van der Waals surface area contributed by atoms with Gasteiger partial charge in [-0.3, -0.25) is 9.78 Å². The van der Waals surface area contributed by atoms with E-state index >= 15 is 0 Å². The van der Waals surface area contributed by atoms with Crippen molar-refractivity contribution in [3.8, 4) is 11.4 Å². The zero-order valence-corrected chi connectivity index (χ0v) is 24.9. The maximum absolute atomic E-state index is 12.1. The van der Waals surface area contributed by atoms with E-state index in [2.05, 4.69) is 38.1 Å². The van der Waals surface area contributed by atoms with Crippen LogP contribution in [0.15, 0.2) is 66.9 Å². The summed E-state index contributed by atoms with van der Waals surface area (Å²) in [7, 11) is 1.58. The highest BCUT2D eigenvalue weighted by Gasteiger charge is 2.42. The third kappa shape index (κ3) is 5.03. The minimum Gasteiger partial charge on any atom is -0.494 e. The molecule has 1 fully saturated rings. The number of anilines is 2. The summed E-state index contributed by atoms with van der Waals surface area (Å²) in [6.07, 6.45) is 2.15. The van der Waals surface area contributed by atoms with Crippen molar-refractivity contribution in [1.82, 2.24) is 14.9 Å². The fourth-order valence-electron chi connectivity index (χ4n) is 5.24. The van der Waals surface area contributed by atoms with Crippen LogP contribution in [-0.4, -0.2) is 27.7 Å². The van der Waals surface area contributed by atoms with Gasteiger partial charge in [0.25, 0.3) is 0 Å². The number of benzene rings is 2. The first-order chi connectivity index (χ1) is 19.2. The number of thiocarbonyl (C=S) groups is 1. The second-order valence-electron chi connectivity index (χ2n) is 9.52. The topological polar surface area (TPSA) is 71.4 Å². The molecule has 40 heavy (non-hydrogen) atoms. The lowest BCUT2D eigenvalue weighted by Gasteiger charge is -2.29. The molecule has 1 aliphatic rings. The van der Waals surface area contributed by atoms with Crippen molar-refractivity contribution in [1.29, 1.82) is 0 Å². The van der Waals surface area contributed by atoms with Crippen molar-refractivity contribution in [3.05, 3.63) is 99.6 Å². The molecule has 4 aromatic rings. The van der Waals surface area contributed by atoms with Gasteiger partial charge < -0.3 is 24.8 Å². The Morgan fingerprint density at radius 3 is 2.62 bits per heavy atom. The first kappa shape index (κ1) is 28.0. The molecule has 206 valence electrons. The fraction of sp³-hybridized carbons (Fsp3) is 0.233. The highest BCUT2D eigenvalue weighted by molar-refractivity contribution is 7.80. The lowest BCUT2D eigenvalue weighted by molar-refractivity contribution is -0.115. The molecule has 2 N–H and O–H groups in total. The van der Waals surface area contributed by atoms with Crippen LogP contribution in [0.2, 0.25) is 10.0 Å². The van der Waals surface area contributed by atoms with E-state index < -0.39 is 0 Å². The van der Waals surface area contributed by atoms with Crippen LogP contribution in [0, 0.1) is 13.8 Å². The third-order valence-corrected chi connectivity index (χ3v) is 8.24. The summed E-state index contributed by atoms with van der Waals surface area (Å²) in [5.74, 6) is 0.447. The molecule has 2 aromatic heterocycles. The summed E-state index contributed by atoms with van der Waals surface area (Å²) in [5.41, 5.74) is 6.15. The van der Waals surface area contributed by atoms with Crippen LogP contribution in [0.5, 0.6) is 5.75 Å². The minimum atomic E-state index is -0.249. The van der Waals surface area contributed by atoms with E-state index in [4.69, 9.17) is 40.2 Å². The number of amides is 1. The molecule has 0 saturated carbocycles. The number of nitrogens with one attached hydrogen (secondary N) is 2. The summed E-state index contributed by atoms with van der Waals surface area (Å²) in [4.78, 5) is 18.8. The monoisotopic (exact) mass is 593 g/mol. The van der Waals surface area contributed by atoms with E-state index in [1.807, 2.05) is 55.5 Å². The van der Waals surface area contributed by atoms with Gasteiger partial charge in [0, 0.05) is 35.8 Å². The zero-order valence-electron chi connectivity index (χ0n) is 22.5. The number of hydrogen-bond donors (Lipinski definition) is 2. The Labute approximate surface area is 249 Å². The molecule has 1 amide bonds. The molecule has 0 radical (unpaired) electrons. The largest absolute Gasteiger partial charge is 0.494 e. The van der Waals surface area contributed by atoms with Gasteiger partial charge in [0.2, 0.25) is 5.91 Å². The number of aryl methyl sites for hydroxylation is 1. The SMILES string of the molecule is CCC(=O)Nc1ccc(N2C(=S)N[C@H](c3ccccn3)[C@H]2c2cc(C)n(-c3cccc(Cl)c3Cl)c2C)cc1OC. The molecule has 10 heteroatoms. The van der Waals surface area contributed by atoms with Crippen LogP contribution in [-0.2, 0) is 4.79 Å². The summed E-state index contributed by atoms with van der Waals surface area (Å²) in [5, 5.41) is 7.94. The highest BCUT2D eigenvalue weighted by Crippen LogP contribution is 2.45. The van der Waals surface area contributed by atoms with Crippen LogP contribution >= 0.6 is 35.4 Å². The van der Waals surface area contributed by atoms with Gasteiger partial charge in [0.1, 0.15) is 5.75 Å². The van der Waals surface area contributed by atoms with Crippen molar-refractivity contribution in [2.24, 2.45) is 0 Å². The number of carbonyl (C=O) groups excluding carboxylic acids is 1. The smallest absolute Gasteiger partial charge is 0.224 e. The highest BCUT2D eigenvalue weighted by atomic mass is 35.5. The van der Waals surface area contributed by atoms with E-state index in [0.717, 1.165) is 34.0 Å². The number of rotatable bonds is 7. The number of hydrogen-bond acceptors (Lipinski definition) is 4. The molecule has 7 nitrogen and oxygen atoms in total. The third-order valence-electron chi connectivity index (χ3n) is 7.12. The first-order valence-electron chi connectivity index (χ1n) is 12.9. The van der Waals surface area contributed by atoms with Crippen molar-refractivity contribution in [2.45, 2.75) is 39.3 Å². The van der Waals surface area contributed by atoms with Gasteiger partial charge in [-0.05, 0) is 74.1 Å². The Hall–Kier alpha value is -3.59. The number of ether oxygens (including phenoxy) is 1. The molecule has 1 aliphatic heterocycles. The number of methoxy groups -OCH3 is 1. The molecule has 5 rings (SSSR count). The van der Waals surface area contributed by atoms with Gasteiger partial charge in [-0.15, -0.1) is 0 Å². The van der Waals surface area contributed by atoms with Crippen LogP contribution < -0.4 is 20.3 Å². The summed E-state index contributed by atoms with van der Waals surface area (Å²) >= 11 is 19.0. The van der Waals surface area contributed by atoms with E-state index in [-0.39, 0.29) is 18.0 Å². The predicted molar refractivity (Wildman–Crippen MR) is 165 cm³/mol. The van der Waals surface area contributed by atoms with Gasteiger partial charge in [0.05, 0.1) is 46.3 Å². The molecule has 2 atom stereocenters. The van der Waals surface area contributed by atoms with Crippen molar-refractivity contribution >= 4 is 57.8 Å². The minimum absolute atomic E-state index is 0.0929. The molecule has 1 saturated heterocycles. The van der Waals surface area contributed by atoms with Crippen molar-refractivity contribution in [2.75, 3.05) is 17.3 Å². The van der Waals surface area contributed by atoms with E-state index in [1.165, 1.54) is 0 Å². The lowest BCUT2D eigenvalue weighted by atomic mass is 9.96. The number of pyridine rings is 1. The molecule has 0 unspecified atom stereocenters. The van der Waals surface area contributed by atoms with Gasteiger partial charge in [-0.1, -0.05) is 42.3 Å². The van der Waals surface area contributed by atoms with E-state index in [1.54, 1.807) is 26.3 Å². The van der Waals surface area contributed by atoms with E-state index in [0.29, 0.717) is 33.0 Å². The maximum atomic E-state index is 12.1. The van der Waals surface area contributed by atoms with Crippen LogP contribution in [0.4, 0.5) is 11.4 Å². The Balaban J connectivity index is 1.66. The number of halogens is 2. The Morgan fingerprint density at radius 1 is 1.12 bits per heavy atom. The maximum Gasteiger partial charge on any atom is 0.224 e. The fourth-order valence-corrected chi connectivity index (χ4v) is 5.97. The van der Waals surface area contributed by atoms with E-state index in [9.17, 15) is 4.79 Å². The molecule has 0 bridgehead atoms. The summed E-state index contributed by atoms with van der Waals surface area (Å²) in [6.45, 7) is 5.92. The Bertz CT molecular complexity index is 1590. The first-order valence-corrected chi connectivity index (χ1v) is 14.0. The molecular formula is C30H29Cl2N5O2S. The molecular weight excluding hydrogens is 565 g/mol. The summed E-state index contributed by atoms with van der Waals surface area (Å²) in [6, 6.07) is 18.8. The molecule has 0 spiro atoms. The standard InChI is InChI=1S/C30H29Cl2N5O2S/c1-5-26(38)34-22-13-12-19(16-25(22)39-4)37-29(28(35-30(37)40)23-10-6-7-14-33-23)20-15-17(2)36(18(20)3)24-11-8-9-21(31)27(24)32/h6-16,28-29H,5H2,1-4H3,(H,34,38)(H,35,40)/t28-,29-/m1/s1. The quantitative estimate of drug-likeness (QED) is 0.219. The number of nitrogens with zero attached hydrogens (tertiary/aromatic N) is 3. The lowest BCUT2D eigenvalue weighted by Crippen LogP contribution is -2.29. The molecule has 3 heterocycles. The predicted octanol–water partition coefficient (Wildman–Crippen LogP) is 7.33.